The molecule has 1 aliphatic heterocycles. The van der Waals surface area contributed by atoms with Gasteiger partial charge in [-0.05, 0) is 6.42 Å². The number of carbonyl (C=O) groups excluding carboxylic acids is 1. The van der Waals surface area contributed by atoms with Crippen molar-refractivity contribution in [2.75, 3.05) is 13.6 Å². The molecule has 1 saturated heterocycles. The maximum Gasteiger partial charge on any atom is 0.222 e. The number of amides is 1. The average molecular weight is 131 g/mol. The van der Waals surface area contributed by atoms with Crippen LogP contribution in [-0.2, 0) is 4.79 Å². The molecule has 56 valence electrons. The van der Waals surface area contributed by atoms with Crippen LogP contribution in [0.2, 0.25) is 0 Å². The van der Waals surface area contributed by atoms with Gasteiger partial charge < -0.3 is 4.90 Å². The van der Waals surface area contributed by atoms with Crippen molar-refractivity contribution in [1.29, 1.82) is 0 Å². The SMILES string of the molecule is C.C.CN1CCCC1=O. The van der Waals surface area contributed by atoms with Gasteiger partial charge in [0.1, 0.15) is 0 Å². The molecule has 1 fully saturated rings. The Morgan fingerprint density at radius 3 is 2.11 bits per heavy atom. The third-order valence-electron chi connectivity index (χ3n) is 1.31. The van der Waals surface area contributed by atoms with E-state index in [1.807, 2.05) is 7.05 Å². The van der Waals surface area contributed by atoms with Gasteiger partial charge in [0, 0.05) is 20.0 Å². The number of rotatable bonds is 0. The summed E-state index contributed by atoms with van der Waals surface area (Å²) in [5, 5.41) is 0. The molecule has 2 heteroatoms. The molecule has 0 radical (unpaired) electrons. The molecule has 0 aromatic heterocycles. The van der Waals surface area contributed by atoms with Gasteiger partial charge in [-0.1, -0.05) is 14.9 Å². The second-order valence-electron chi connectivity index (χ2n) is 1.92. The van der Waals surface area contributed by atoms with E-state index in [-0.39, 0.29) is 14.9 Å². The maximum atomic E-state index is 10.5. The minimum atomic E-state index is 0. The van der Waals surface area contributed by atoms with E-state index in [0.717, 1.165) is 19.4 Å². The predicted octanol–water partition coefficient (Wildman–Crippen LogP) is 1.51. The molecule has 0 unspecified atom stereocenters. The first-order valence-corrected chi connectivity index (χ1v) is 2.54. The van der Waals surface area contributed by atoms with E-state index >= 15 is 0 Å². The van der Waals surface area contributed by atoms with Gasteiger partial charge in [-0.25, -0.2) is 0 Å². The Balaban J connectivity index is 0. The number of nitrogens with zero attached hydrogens (tertiary/aromatic N) is 1. The molecule has 0 atom stereocenters. The Labute approximate surface area is 57.9 Å². The van der Waals surface area contributed by atoms with E-state index in [1.165, 1.54) is 0 Å². The fraction of sp³-hybridized carbons (Fsp3) is 0.857. The normalized spacial score (nSPS) is 16.6. The molecule has 1 rings (SSSR count). The van der Waals surface area contributed by atoms with E-state index in [1.54, 1.807) is 4.90 Å². The van der Waals surface area contributed by atoms with E-state index < -0.39 is 0 Å². The molecule has 0 aromatic carbocycles. The maximum absolute atomic E-state index is 10.5. The van der Waals surface area contributed by atoms with Gasteiger partial charge >= 0.3 is 0 Å². The molecule has 1 heterocycles. The zero-order chi connectivity index (χ0) is 5.28. The molecular weight excluding hydrogens is 114 g/mol. The summed E-state index contributed by atoms with van der Waals surface area (Å²) >= 11 is 0. The van der Waals surface area contributed by atoms with Crippen molar-refractivity contribution in [3.63, 3.8) is 0 Å². The van der Waals surface area contributed by atoms with Gasteiger partial charge in [0.2, 0.25) is 5.91 Å². The Morgan fingerprint density at radius 1 is 1.44 bits per heavy atom. The molecule has 2 nitrogen and oxygen atoms in total. The largest absolute Gasteiger partial charge is 0.346 e. The van der Waals surface area contributed by atoms with E-state index in [2.05, 4.69) is 0 Å². The van der Waals surface area contributed by atoms with Gasteiger partial charge in [-0.2, -0.15) is 0 Å². The zero-order valence-corrected chi connectivity index (χ0v) is 4.48. The molecule has 0 aliphatic carbocycles. The minimum absolute atomic E-state index is 0. The van der Waals surface area contributed by atoms with Crippen LogP contribution in [0.5, 0.6) is 0 Å². The number of likely N-dealkylation sites (tertiary alicyclic amines) is 1. The van der Waals surface area contributed by atoms with Crippen LogP contribution in [0.4, 0.5) is 0 Å². The highest BCUT2D eigenvalue weighted by Crippen LogP contribution is 2.04. The molecule has 1 amide bonds. The van der Waals surface area contributed by atoms with Crippen LogP contribution in [0.25, 0.3) is 0 Å². The number of carbonyl (C=O) groups is 1. The molecular formula is C7H17NO. The topological polar surface area (TPSA) is 20.3 Å². The highest BCUT2D eigenvalue weighted by Gasteiger charge is 2.14. The van der Waals surface area contributed by atoms with Crippen LogP contribution >= 0.6 is 0 Å². The third-order valence-corrected chi connectivity index (χ3v) is 1.31. The lowest BCUT2D eigenvalue weighted by atomic mass is 10.4. The first kappa shape index (κ1) is 11.3. The van der Waals surface area contributed by atoms with Crippen molar-refractivity contribution in [2.45, 2.75) is 27.7 Å². The Hall–Kier alpha value is -0.530. The fourth-order valence-electron chi connectivity index (χ4n) is 0.783. The summed E-state index contributed by atoms with van der Waals surface area (Å²) in [4.78, 5) is 12.3. The van der Waals surface area contributed by atoms with E-state index in [0.29, 0.717) is 5.91 Å². The van der Waals surface area contributed by atoms with Crippen molar-refractivity contribution >= 4 is 5.91 Å². The lowest BCUT2D eigenvalue weighted by Gasteiger charge is -2.03. The quantitative estimate of drug-likeness (QED) is 0.488. The van der Waals surface area contributed by atoms with Crippen molar-refractivity contribution < 1.29 is 4.79 Å². The molecule has 9 heavy (non-hydrogen) atoms. The van der Waals surface area contributed by atoms with Gasteiger partial charge in [0.25, 0.3) is 0 Å². The Kier molecular flexibility index (Phi) is 5.47. The molecule has 0 spiro atoms. The highest BCUT2D eigenvalue weighted by molar-refractivity contribution is 5.77. The average Bonchev–Trinajstić information content (AvgIpc) is 1.91. The molecule has 0 saturated carbocycles. The van der Waals surface area contributed by atoms with Crippen LogP contribution in [-0.4, -0.2) is 24.4 Å². The van der Waals surface area contributed by atoms with Crippen LogP contribution in [0.1, 0.15) is 27.7 Å². The van der Waals surface area contributed by atoms with Crippen molar-refractivity contribution in [2.24, 2.45) is 0 Å². The smallest absolute Gasteiger partial charge is 0.222 e. The summed E-state index contributed by atoms with van der Waals surface area (Å²) in [6.07, 6.45) is 1.81. The van der Waals surface area contributed by atoms with Crippen LogP contribution in [0.15, 0.2) is 0 Å². The van der Waals surface area contributed by atoms with Gasteiger partial charge in [-0.3, -0.25) is 4.79 Å². The van der Waals surface area contributed by atoms with Gasteiger partial charge in [0.15, 0.2) is 0 Å². The molecule has 0 aromatic rings. The van der Waals surface area contributed by atoms with Crippen molar-refractivity contribution in [1.82, 2.24) is 4.90 Å². The summed E-state index contributed by atoms with van der Waals surface area (Å²) in [5.74, 6) is 0.292. The second-order valence-corrected chi connectivity index (χ2v) is 1.92. The molecule has 0 bridgehead atoms. The number of hydrogen-bond acceptors (Lipinski definition) is 1. The Morgan fingerprint density at radius 2 is 2.00 bits per heavy atom. The highest BCUT2D eigenvalue weighted by atomic mass is 16.2. The van der Waals surface area contributed by atoms with Crippen LogP contribution in [0.3, 0.4) is 0 Å². The molecule has 1 aliphatic rings. The van der Waals surface area contributed by atoms with E-state index in [4.69, 9.17) is 0 Å². The first-order chi connectivity index (χ1) is 3.30. The predicted molar refractivity (Wildman–Crippen MR) is 40.3 cm³/mol. The fourth-order valence-corrected chi connectivity index (χ4v) is 0.783. The van der Waals surface area contributed by atoms with Crippen molar-refractivity contribution in [3.8, 4) is 0 Å². The monoisotopic (exact) mass is 131 g/mol. The van der Waals surface area contributed by atoms with Crippen LogP contribution in [0, 0.1) is 0 Å². The zero-order valence-electron chi connectivity index (χ0n) is 4.48. The summed E-state index contributed by atoms with van der Waals surface area (Å²) in [7, 11) is 1.84. The lowest BCUT2D eigenvalue weighted by Crippen LogP contribution is -2.17. The first-order valence-electron chi connectivity index (χ1n) is 2.54. The summed E-state index contributed by atoms with van der Waals surface area (Å²) in [6.45, 7) is 0.957. The third kappa shape index (κ3) is 2.49. The van der Waals surface area contributed by atoms with Gasteiger partial charge in [0.05, 0.1) is 0 Å². The van der Waals surface area contributed by atoms with Crippen molar-refractivity contribution in [3.05, 3.63) is 0 Å². The lowest BCUT2D eigenvalue weighted by molar-refractivity contribution is -0.126. The summed E-state index contributed by atoms with van der Waals surface area (Å²) in [6, 6.07) is 0. The van der Waals surface area contributed by atoms with E-state index in [9.17, 15) is 4.79 Å². The van der Waals surface area contributed by atoms with Gasteiger partial charge in [-0.15, -0.1) is 0 Å². The summed E-state index contributed by atoms with van der Waals surface area (Å²) in [5.41, 5.74) is 0. The second kappa shape index (κ2) is 4.36. The Bertz CT molecular complexity index is 90.9. The minimum Gasteiger partial charge on any atom is -0.346 e. The summed E-state index contributed by atoms with van der Waals surface area (Å²) < 4.78 is 0. The standard InChI is InChI=1S/C5H9NO.2CH4/c1-6-4-2-3-5(6)7;;/h2-4H2,1H3;2*1H4. The van der Waals surface area contributed by atoms with Crippen LogP contribution < -0.4 is 0 Å². The number of hydrogen-bond donors (Lipinski definition) is 0. The molecule has 0 N–H and O–H groups in total.